The van der Waals surface area contributed by atoms with Gasteiger partial charge in [-0.15, -0.1) is 0 Å². The maximum absolute atomic E-state index is 9.56. The Bertz CT molecular complexity index is 332. The van der Waals surface area contributed by atoms with Gasteiger partial charge in [0.15, 0.2) is 0 Å². The number of anilines is 1. The first-order chi connectivity index (χ1) is 6.81. The van der Waals surface area contributed by atoms with Crippen molar-refractivity contribution in [2.24, 2.45) is 0 Å². The van der Waals surface area contributed by atoms with Gasteiger partial charge in [-0.05, 0) is 43.6 Å². The number of hydrogen-bond acceptors (Lipinski definition) is 4. The van der Waals surface area contributed by atoms with Gasteiger partial charge in [-0.2, -0.15) is 0 Å². The standard InChI is InChI=1S/C10H16BrN3O/c1-6(15)10(3,4)14-9-5-8(11)12-7(2)13-9/h5-6,15H,1-4H3,(H,12,13,14). The van der Waals surface area contributed by atoms with Crippen LogP contribution in [0.25, 0.3) is 0 Å². The van der Waals surface area contributed by atoms with Crippen LogP contribution in [0.5, 0.6) is 0 Å². The maximum Gasteiger partial charge on any atom is 0.131 e. The van der Waals surface area contributed by atoms with Gasteiger partial charge in [-0.25, -0.2) is 9.97 Å². The molecule has 0 bridgehead atoms. The fourth-order valence-electron chi connectivity index (χ4n) is 1.03. The SMILES string of the molecule is Cc1nc(Br)cc(NC(C)(C)C(C)O)n1. The van der Waals surface area contributed by atoms with Crippen LogP contribution in [0.4, 0.5) is 5.82 Å². The molecule has 4 nitrogen and oxygen atoms in total. The summed E-state index contributed by atoms with van der Waals surface area (Å²) in [6.45, 7) is 7.41. The van der Waals surface area contributed by atoms with Crippen LogP contribution < -0.4 is 5.32 Å². The minimum absolute atomic E-state index is 0.416. The molecule has 1 aromatic rings. The molecule has 0 aromatic carbocycles. The van der Waals surface area contributed by atoms with Crippen LogP contribution in [0.2, 0.25) is 0 Å². The van der Waals surface area contributed by atoms with E-state index in [0.717, 1.165) is 4.60 Å². The molecule has 1 heterocycles. The van der Waals surface area contributed by atoms with E-state index in [1.54, 1.807) is 13.0 Å². The second-order valence-electron chi connectivity index (χ2n) is 4.15. The van der Waals surface area contributed by atoms with Crippen LogP contribution in [0.1, 0.15) is 26.6 Å². The lowest BCUT2D eigenvalue weighted by molar-refractivity contribution is 0.133. The third kappa shape index (κ3) is 3.43. The highest BCUT2D eigenvalue weighted by atomic mass is 79.9. The van der Waals surface area contributed by atoms with Crippen molar-refractivity contribution in [2.45, 2.75) is 39.3 Å². The van der Waals surface area contributed by atoms with E-state index < -0.39 is 11.6 Å². The zero-order valence-corrected chi connectivity index (χ0v) is 11.0. The molecule has 1 unspecified atom stereocenters. The molecule has 0 spiro atoms. The molecule has 0 fully saturated rings. The van der Waals surface area contributed by atoms with E-state index in [2.05, 4.69) is 31.2 Å². The monoisotopic (exact) mass is 273 g/mol. The summed E-state index contributed by atoms with van der Waals surface area (Å²) in [6.07, 6.45) is -0.466. The van der Waals surface area contributed by atoms with Gasteiger partial charge in [0.25, 0.3) is 0 Å². The second kappa shape index (κ2) is 4.45. The Labute approximate surface area is 98.3 Å². The molecule has 5 heteroatoms. The minimum Gasteiger partial charge on any atom is -0.391 e. The van der Waals surface area contributed by atoms with E-state index in [1.165, 1.54) is 0 Å². The van der Waals surface area contributed by atoms with Gasteiger partial charge in [0.2, 0.25) is 0 Å². The van der Waals surface area contributed by atoms with E-state index in [-0.39, 0.29) is 0 Å². The van der Waals surface area contributed by atoms with E-state index in [1.807, 2.05) is 20.8 Å². The number of nitrogens with zero attached hydrogens (tertiary/aromatic N) is 2. The highest BCUT2D eigenvalue weighted by Gasteiger charge is 2.24. The first-order valence-corrected chi connectivity index (χ1v) is 5.58. The van der Waals surface area contributed by atoms with Gasteiger partial charge in [-0.3, -0.25) is 0 Å². The summed E-state index contributed by atoms with van der Waals surface area (Å²) in [4.78, 5) is 8.35. The number of aromatic nitrogens is 2. The molecule has 0 aliphatic heterocycles. The van der Waals surface area contributed by atoms with Crippen LogP contribution in [0.3, 0.4) is 0 Å². The van der Waals surface area contributed by atoms with Crippen LogP contribution >= 0.6 is 15.9 Å². The smallest absolute Gasteiger partial charge is 0.131 e. The van der Waals surface area contributed by atoms with Crippen LogP contribution in [0.15, 0.2) is 10.7 Å². The highest BCUT2D eigenvalue weighted by Crippen LogP contribution is 2.19. The summed E-state index contributed by atoms with van der Waals surface area (Å²) in [5.41, 5.74) is -0.416. The molecule has 1 aromatic heterocycles. The normalized spacial score (nSPS) is 13.7. The summed E-state index contributed by atoms with van der Waals surface area (Å²) in [5.74, 6) is 1.40. The molecule has 0 saturated heterocycles. The van der Waals surface area contributed by atoms with E-state index in [4.69, 9.17) is 0 Å². The number of rotatable bonds is 3. The van der Waals surface area contributed by atoms with Gasteiger partial charge >= 0.3 is 0 Å². The largest absolute Gasteiger partial charge is 0.391 e. The Hall–Kier alpha value is -0.680. The van der Waals surface area contributed by atoms with Gasteiger partial charge < -0.3 is 10.4 Å². The Morgan fingerprint density at radius 1 is 1.47 bits per heavy atom. The first kappa shape index (κ1) is 12.4. The molecule has 0 aliphatic rings. The molecule has 0 amide bonds. The molecule has 0 radical (unpaired) electrons. The molecular formula is C10H16BrN3O. The van der Waals surface area contributed by atoms with Crippen molar-refractivity contribution in [3.8, 4) is 0 Å². The molecule has 0 aliphatic carbocycles. The number of aliphatic hydroxyl groups excluding tert-OH is 1. The Kier molecular flexibility index (Phi) is 3.67. The number of aryl methyl sites for hydroxylation is 1. The second-order valence-corrected chi connectivity index (χ2v) is 4.96. The molecule has 1 atom stereocenters. The molecule has 2 N–H and O–H groups in total. The number of aliphatic hydroxyl groups is 1. The number of halogens is 1. The average Bonchev–Trinajstić information content (AvgIpc) is 1.99. The zero-order valence-electron chi connectivity index (χ0n) is 9.37. The van der Waals surface area contributed by atoms with Crippen molar-refractivity contribution in [3.05, 3.63) is 16.5 Å². The van der Waals surface area contributed by atoms with E-state index >= 15 is 0 Å². The minimum atomic E-state index is -0.466. The zero-order chi connectivity index (χ0) is 11.6. The lowest BCUT2D eigenvalue weighted by atomic mass is 9.99. The van der Waals surface area contributed by atoms with Gasteiger partial charge in [0.05, 0.1) is 11.6 Å². The molecule has 15 heavy (non-hydrogen) atoms. The molecule has 1 rings (SSSR count). The summed E-state index contributed by atoms with van der Waals surface area (Å²) >= 11 is 3.30. The quantitative estimate of drug-likeness (QED) is 0.829. The van der Waals surface area contributed by atoms with E-state index in [0.29, 0.717) is 11.6 Å². The van der Waals surface area contributed by atoms with Gasteiger partial charge in [0, 0.05) is 6.07 Å². The number of nitrogens with one attached hydrogen (secondary N) is 1. The highest BCUT2D eigenvalue weighted by molar-refractivity contribution is 9.10. The molecule has 84 valence electrons. The lowest BCUT2D eigenvalue weighted by Gasteiger charge is -2.29. The third-order valence-electron chi connectivity index (χ3n) is 2.30. The van der Waals surface area contributed by atoms with Gasteiger partial charge in [0.1, 0.15) is 16.2 Å². The van der Waals surface area contributed by atoms with Crippen molar-refractivity contribution in [1.29, 1.82) is 0 Å². The number of hydrogen-bond donors (Lipinski definition) is 2. The summed E-state index contributed by atoms with van der Waals surface area (Å²) in [6, 6.07) is 1.79. The predicted octanol–water partition coefficient (Wildman–Crippen LogP) is 2.12. The van der Waals surface area contributed by atoms with Crippen molar-refractivity contribution in [3.63, 3.8) is 0 Å². The van der Waals surface area contributed by atoms with Crippen molar-refractivity contribution < 1.29 is 5.11 Å². The van der Waals surface area contributed by atoms with Gasteiger partial charge in [-0.1, -0.05) is 0 Å². The predicted molar refractivity (Wildman–Crippen MR) is 63.9 cm³/mol. The van der Waals surface area contributed by atoms with Crippen molar-refractivity contribution >= 4 is 21.7 Å². The molecular weight excluding hydrogens is 258 g/mol. The van der Waals surface area contributed by atoms with Crippen LogP contribution in [-0.2, 0) is 0 Å². The summed E-state index contributed by atoms with van der Waals surface area (Å²) < 4.78 is 0.735. The van der Waals surface area contributed by atoms with Crippen LogP contribution in [-0.4, -0.2) is 26.7 Å². The maximum atomic E-state index is 9.56. The Morgan fingerprint density at radius 2 is 2.07 bits per heavy atom. The Morgan fingerprint density at radius 3 is 2.53 bits per heavy atom. The topological polar surface area (TPSA) is 58.0 Å². The summed E-state index contributed by atoms with van der Waals surface area (Å²) in [5, 5.41) is 12.7. The third-order valence-corrected chi connectivity index (χ3v) is 2.71. The van der Waals surface area contributed by atoms with Crippen LogP contribution in [0, 0.1) is 6.92 Å². The van der Waals surface area contributed by atoms with Crippen molar-refractivity contribution in [2.75, 3.05) is 5.32 Å². The molecule has 0 saturated carbocycles. The summed E-state index contributed by atoms with van der Waals surface area (Å²) in [7, 11) is 0. The Balaban J connectivity index is 2.89. The first-order valence-electron chi connectivity index (χ1n) is 4.78. The average molecular weight is 274 g/mol. The lowest BCUT2D eigenvalue weighted by Crippen LogP contribution is -2.42. The van der Waals surface area contributed by atoms with E-state index in [9.17, 15) is 5.11 Å². The fraction of sp³-hybridized carbons (Fsp3) is 0.600. The fourth-order valence-corrected chi connectivity index (χ4v) is 1.50. The van der Waals surface area contributed by atoms with Crippen molar-refractivity contribution in [1.82, 2.24) is 9.97 Å².